The molecule has 1 aromatic rings. The van der Waals surface area contributed by atoms with E-state index in [-0.39, 0.29) is 5.70 Å². The lowest BCUT2D eigenvalue weighted by Gasteiger charge is -2.03. The molecule has 0 aromatic heterocycles. The van der Waals surface area contributed by atoms with E-state index in [0.717, 1.165) is 5.56 Å². The van der Waals surface area contributed by atoms with Gasteiger partial charge in [-0.25, -0.2) is 4.21 Å². The van der Waals surface area contributed by atoms with Gasteiger partial charge in [0.1, 0.15) is 5.70 Å². The third-order valence-electron chi connectivity index (χ3n) is 1.85. The number of carbonyl (C=O) groups is 1. The summed E-state index contributed by atoms with van der Waals surface area (Å²) in [6.45, 7) is 0. The van der Waals surface area contributed by atoms with Crippen molar-refractivity contribution >= 4 is 17.2 Å². The highest BCUT2D eigenvalue weighted by Crippen LogP contribution is 2.02. The van der Waals surface area contributed by atoms with Gasteiger partial charge in [0, 0.05) is 0 Å². The smallest absolute Gasteiger partial charge is 0.265 e. The van der Waals surface area contributed by atoms with Gasteiger partial charge in [0.2, 0.25) is 0 Å². The minimum atomic E-state index is -2.29. The lowest BCUT2D eigenvalue weighted by Crippen LogP contribution is -2.27. The Bertz CT molecular complexity index is 417. The van der Waals surface area contributed by atoms with Gasteiger partial charge < -0.3 is 5.73 Å². The van der Waals surface area contributed by atoms with Crippen molar-refractivity contribution in [2.24, 2.45) is 5.73 Å². The average molecular weight is 240 g/mol. The highest BCUT2D eigenvalue weighted by Gasteiger charge is 2.06. The molecule has 5 nitrogen and oxygen atoms in total. The third-order valence-corrected chi connectivity index (χ3v) is 2.24. The number of hydrogen-bond acceptors (Lipinski definition) is 2. The molecular formula is C10H12N2O3S. The average Bonchev–Trinajstić information content (AvgIpc) is 2.25. The van der Waals surface area contributed by atoms with E-state index < -0.39 is 17.2 Å². The number of benzene rings is 1. The summed E-state index contributed by atoms with van der Waals surface area (Å²) in [5.74, 6) is -0.765. The van der Waals surface area contributed by atoms with E-state index in [1.807, 2.05) is 30.3 Å². The van der Waals surface area contributed by atoms with Gasteiger partial charge in [-0.15, -0.1) is 0 Å². The lowest BCUT2D eigenvalue weighted by atomic mass is 10.1. The van der Waals surface area contributed by atoms with Gasteiger partial charge in [-0.2, -0.15) is 0 Å². The van der Waals surface area contributed by atoms with Crippen LogP contribution >= 0.6 is 0 Å². The fraction of sp³-hybridized carbons (Fsp3) is 0.100. The Morgan fingerprint density at radius 2 is 2.06 bits per heavy atom. The zero-order chi connectivity index (χ0) is 12.0. The van der Waals surface area contributed by atoms with E-state index in [0.29, 0.717) is 6.42 Å². The van der Waals surface area contributed by atoms with Crippen LogP contribution in [0.3, 0.4) is 0 Å². The summed E-state index contributed by atoms with van der Waals surface area (Å²) in [7, 11) is 0. The molecule has 0 heterocycles. The number of hydrogen-bond donors (Lipinski definition) is 3. The summed E-state index contributed by atoms with van der Waals surface area (Å²) in [6, 6.07) is 9.37. The Morgan fingerprint density at radius 3 is 2.56 bits per heavy atom. The van der Waals surface area contributed by atoms with E-state index in [4.69, 9.17) is 10.3 Å². The maximum absolute atomic E-state index is 10.9. The van der Waals surface area contributed by atoms with Crippen LogP contribution in [0.15, 0.2) is 42.1 Å². The molecule has 0 aliphatic heterocycles. The molecule has 0 radical (unpaired) electrons. The molecule has 6 heteroatoms. The zero-order valence-corrected chi connectivity index (χ0v) is 9.24. The maximum Gasteiger partial charge on any atom is 0.265 e. The van der Waals surface area contributed by atoms with E-state index in [1.54, 1.807) is 0 Å². The number of carbonyl (C=O) groups excluding carboxylic acids is 1. The van der Waals surface area contributed by atoms with Crippen molar-refractivity contribution in [3.63, 3.8) is 0 Å². The molecule has 0 aliphatic rings. The summed E-state index contributed by atoms with van der Waals surface area (Å²) in [5, 5.41) is 0. The largest absolute Gasteiger partial charge is 0.364 e. The molecule has 0 saturated carbocycles. The number of nitrogens with one attached hydrogen (secondary N) is 1. The van der Waals surface area contributed by atoms with Gasteiger partial charge in [-0.3, -0.25) is 14.1 Å². The molecule has 0 fully saturated rings. The second kappa shape index (κ2) is 6.04. The van der Waals surface area contributed by atoms with Crippen molar-refractivity contribution in [1.29, 1.82) is 0 Å². The first-order chi connectivity index (χ1) is 7.59. The molecule has 1 amide bonds. The maximum atomic E-state index is 10.9. The Balaban J connectivity index is 2.72. The van der Waals surface area contributed by atoms with Crippen LogP contribution in [0, 0.1) is 0 Å². The standard InChI is InChI=1S/C10H12N2O3S/c11-10(13)9(12-16(14)15)7-6-8-4-2-1-3-5-8/h1-5,7,12H,6H2,(H2,11,13)(H,14,15). The molecule has 16 heavy (non-hydrogen) atoms. The number of rotatable bonds is 5. The molecule has 4 N–H and O–H groups in total. The molecule has 0 aliphatic carbocycles. The summed E-state index contributed by atoms with van der Waals surface area (Å²) in [5.41, 5.74) is 5.95. The second-order valence-corrected chi connectivity index (χ2v) is 3.73. The van der Waals surface area contributed by atoms with Crippen molar-refractivity contribution in [2.45, 2.75) is 6.42 Å². The molecule has 0 bridgehead atoms. The predicted octanol–water partition coefficient (Wildman–Crippen LogP) is 0.325. The normalized spacial score (nSPS) is 13.2. The molecule has 1 unspecified atom stereocenters. The highest BCUT2D eigenvalue weighted by molar-refractivity contribution is 7.77. The van der Waals surface area contributed by atoms with Gasteiger partial charge in [0.15, 0.2) is 0 Å². The lowest BCUT2D eigenvalue weighted by molar-refractivity contribution is -0.114. The Labute approximate surface area is 95.8 Å². The fourth-order valence-corrected chi connectivity index (χ4v) is 1.49. The van der Waals surface area contributed by atoms with Crippen LogP contribution in [0.1, 0.15) is 5.56 Å². The van der Waals surface area contributed by atoms with Crippen molar-refractivity contribution in [2.75, 3.05) is 0 Å². The summed E-state index contributed by atoms with van der Waals surface area (Å²) in [6.07, 6.45) is 1.94. The van der Waals surface area contributed by atoms with E-state index in [1.165, 1.54) is 6.08 Å². The fourth-order valence-electron chi connectivity index (χ4n) is 1.12. The molecule has 86 valence electrons. The van der Waals surface area contributed by atoms with Crippen molar-refractivity contribution in [1.82, 2.24) is 4.72 Å². The summed E-state index contributed by atoms with van der Waals surface area (Å²) < 4.78 is 21.1. The first-order valence-corrected chi connectivity index (χ1v) is 5.61. The first kappa shape index (κ1) is 12.4. The summed E-state index contributed by atoms with van der Waals surface area (Å²) >= 11 is -2.29. The minimum absolute atomic E-state index is 0.0651. The third kappa shape index (κ3) is 4.24. The van der Waals surface area contributed by atoms with E-state index >= 15 is 0 Å². The van der Waals surface area contributed by atoms with Crippen LogP contribution in [-0.2, 0) is 22.5 Å². The van der Waals surface area contributed by atoms with Crippen LogP contribution in [0.2, 0.25) is 0 Å². The van der Waals surface area contributed by atoms with E-state index in [9.17, 15) is 9.00 Å². The zero-order valence-electron chi connectivity index (χ0n) is 8.42. The Kier molecular flexibility index (Phi) is 4.68. The minimum Gasteiger partial charge on any atom is -0.364 e. The highest BCUT2D eigenvalue weighted by atomic mass is 32.2. The Hall–Kier alpha value is -1.66. The molecule has 0 spiro atoms. The van der Waals surface area contributed by atoms with Crippen LogP contribution < -0.4 is 10.5 Å². The monoisotopic (exact) mass is 240 g/mol. The summed E-state index contributed by atoms with van der Waals surface area (Å²) in [4.78, 5) is 10.9. The SMILES string of the molecule is NC(=O)C(=CCc1ccccc1)NS(=O)O. The van der Waals surface area contributed by atoms with Gasteiger partial charge in [0.05, 0.1) is 0 Å². The van der Waals surface area contributed by atoms with Crippen LogP contribution in [0.5, 0.6) is 0 Å². The topological polar surface area (TPSA) is 92.4 Å². The van der Waals surface area contributed by atoms with Crippen molar-refractivity contribution in [3.05, 3.63) is 47.7 Å². The number of amides is 1. The Morgan fingerprint density at radius 1 is 1.44 bits per heavy atom. The quantitative estimate of drug-likeness (QED) is 0.511. The molecule has 0 saturated heterocycles. The van der Waals surface area contributed by atoms with Crippen LogP contribution in [0.25, 0.3) is 0 Å². The van der Waals surface area contributed by atoms with Gasteiger partial charge in [-0.05, 0) is 12.0 Å². The van der Waals surface area contributed by atoms with Crippen molar-refractivity contribution in [3.8, 4) is 0 Å². The number of primary amides is 1. The first-order valence-electron chi connectivity index (χ1n) is 4.51. The number of allylic oxidation sites excluding steroid dienone is 1. The van der Waals surface area contributed by atoms with Gasteiger partial charge in [-0.1, -0.05) is 36.4 Å². The van der Waals surface area contributed by atoms with Crippen LogP contribution in [-0.4, -0.2) is 14.7 Å². The van der Waals surface area contributed by atoms with Crippen LogP contribution in [0.4, 0.5) is 0 Å². The molecule has 1 atom stereocenters. The predicted molar refractivity (Wildman–Crippen MR) is 61.3 cm³/mol. The van der Waals surface area contributed by atoms with Gasteiger partial charge >= 0.3 is 0 Å². The molecular weight excluding hydrogens is 228 g/mol. The molecule has 1 rings (SSSR count). The van der Waals surface area contributed by atoms with Gasteiger partial charge in [0.25, 0.3) is 17.2 Å². The number of nitrogens with two attached hydrogens (primary N) is 1. The van der Waals surface area contributed by atoms with Crippen molar-refractivity contribution < 1.29 is 13.6 Å². The molecule has 1 aromatic carbocycles. The van der Waals surface area contributed by atoms with E-state index in [2.05, 4.69) is 4.72 Å². The second-order valence-electron chi connectivity index (χ2n) is 3.02.